The second-order valence-electron chi connectivity index (χ2n) is 3.78. The summed E-state index contributed by atoms with van der Waals surface area (Å²) in [7, 11) is 2.86. The molecule has 7 nitrogen and oxygen atoms in total. The second kappa shape index (κ2) is 6.35. The van der Waals surface area contributed by atoms with Crippen molar-refractivity contribution in [2.45, 2.75) is 6.42 Å². The van der Waals surface area contributed by atoms with E-state index in [-0.39, 0.29) is 29.3 Å². The molecule has 0 aliphatic rings. The summed E-state index contributed by atoms with van der Waals surface area (Å²) in [5.41, 5.74) is 0.0848. The monoisotopic (exact) mass is 263 g/mol. The molecule has 0 aromatic heterocycles. The van der Waals surface area contributed by atoms with Gasteiger partial charge in [-0.15, -0.1) is 0 Å². The van der Waals surface area contributed by atoms with Crippen LogP contribution in [0.1, 0.15) is 16.8 Å². The summed E-state index contributed by atoms with van der Waals surface area (Å²) in [5.74, 6) is -0.284. The molecule has 0 spiro atoms. The minimum absolute atomic E-state index is 0.0320. The van der Waals surface area contributed by atoms with Crippen molar-refractivity contribution >= 4 is 11.6 Å². The number of amides is 1. The Kier molecular flexibility index (Phi) is 4.83. The molecule has 19 heavy (non-hydrogen) atoms. The van der Waals surface area contributed by atoms with Crippen LogP contribution in [0.25, 0.3) is 0 Å². The van der Waals surface area contributed by atoms with Gasteiger partial charge in [0.1, 0.15) is 0 Å². The summed E-state index contributed by atoms with van der Waals surface area (Å²) in [6.45, 7) is 0.300. The first kappa shape index (κ1) is 14.4. The van der Waals surface area contributed by atoms with E-state index in [1.54, 1.807) is 7.05 Å². The Balaban J connectivity index is 2.99. The van der Waals surface area contributed by atoms with Crippen LogP contribution in [0.15, 0.2) is 18.2 Å². The number of ether oxygens (including phenoxy) is 1. The molecule has 0 aliphatic carbocycles. The van der Waals surface area contributed by atoms with Gasteiger partial charge in [0.15, 0.2) is 5.75 Å². The first-order valence-corrected chi connectivity index (χ1v) is 5.46. The molecule has 7 heteroatoms. The maximum absolute atomic E-state index is 12.0. The summed E-state index contributed by atoms with van der Waals surface area (Å²) >= 11 is 0. The molecule has 0 atom stereocenters. The van der Waals surface area contributed by atoms with Gasteiger partial charge in [-0.1, -0.05) is 0 Å². The lowest BCUT2D eigenvalue weighted by atomic mass is 10.1. The van der Waals surface area contributed by atoms with E-state index < -0.39 is 4.92 Å². The lowest BCUT2D eigenvalue weighted by Crippen LogP contribution is -2.27. The summed E-state index contributed by atoms with van der Waals surface area (Å²) in [5, 5.41) is 19.2. The van der Waals surface area contributed by atoms with Crippen molar-refractivity contribution in [3.63, 3.8) is 0 Å². The van der Waals surface area contributed by atoms with Crippen LogP contribution in [0.3, 0.4) is 0 Å². The van der Waals surface area contributed by atoms with Gasteiger partial charge in [0.2, 0.25) is 0 Å². The fraction of sp³-hybridized carbons (Fsp3) is 0.333. The van der Waals surface area contributed by atoms with Crippen molar-refractivity contribution < 1.29 is 14.5 Å². The second-order valence-corrected chi connectivity index (χ2v) is 3.78. The summed E-state index contributed by atoms with van der Waals surface area (Å²) < 4.78 is 4.89. The predicted octanol–water partition coefficient (Wildman–Crippen LogP) is 1.59. The highest BCUT2D eigenvalue weighted by molar-refractivity contribution is 5.94. The van der Waals surface area contributed by atoms with Crippen LogP contribution >= 0.6 is 0 Å². The smallest absolute Gasteiger partial charge is 0.310 e. The van der Waals surface area contributed by atoms with Crippen molar-refractivity contribution in [1.29, 1.82) is 5.26 Å². The maximum Gasteiger partial charge on any atom is 0.310 e. The summed E-state index contributed by atoms with van der Waals surface area (Å²) in [6, 6.07) is 5.86. The number of rotatable bonds is 5. The molecule has 1 aromatic carbocycles. The Morgan fingerprint density at radius 2 is 2.26 bits per heavy atom. The zero-order valence-corrected chi connectivity index (χ0v) is 10.6. The van der Waals surface area contributed by atoms with E-state index >= 15 is 0 Å². The molecule has 0 heterocycles. The predicted molar refractivity (Wildman–Crippen MR) is 66.8 cm³/mol. The van der Waals surface area contributed by atoms with E-state index in [0.29, 0.717) is 6.54 Å². The quantitative estimate of drug-likeness (QED) is 0.593. The Hall–Kier alpha value is -2.62. The number of hydrogen-bond acceptors (Lipinski definition) is 5. The third-order valence-corrected chi connectivity index (χ3v) is 2.53. The molecule has 0 N–H and O–H groups in total. The summed E-state index contributed by atoms with van der Waals surface area (Å²) in [6.07, 6.45) is 0.229. The zero-order chi connectivity index (χ0) is 14.4. The van der Waals surface area contributed by atoms with Crippen molar-refractivity contribution in [3.05, 3.63) is 33.9 Å². The van der Waals surface area contributed by atoms with Crippen LogP contribution in [-0.4, -0.2) is 36.4 Å². The van der Waals surface area contributed by atoms with Gasteiger partial charge in [0.05, 0.1) is 24.5 Å². The number of methoxy groups -OCH3 is 1. The Labute approximate surface area is 110 Å². The van der Waals surface area contributed by atoms with Crippen LogP contribution in [-0.2, 0) is 0 Å². The Morgan fingerprint density at radius 1 is 1.58 bits per heavy atom. The highest BCUT2D eigenvalue weighted by Gasteiger charge is 2.19. The maximum atomic E-state index is 12.0. The molecule has 0 saturated heterocycles. The van der Waals surface area contributed by atoms with E-state index in [9.17, 15) is 14.9 Å². The molecular weight excluding hydrogens is 250 g/mol. The minimum atomic E-state index is -0.577. The van der Waals surface area contributed by atoms with Crippen molar-refractivity contribution in [2.24, 2.45) is 0 Å². The molecule has 0 unspecified atom stereocenters. The van der Waals surface area contributed by atoms with Crippen LogP contribution in [0.4, 0.5) is 5.69 Å². The van der Waals surface area contributed by atoms with E-state index in [1.807, 2.05) is 6.07 Å². The van der Waals surface area contributed by atoms with Crippen LogP contribution < -0.4 is 4.74 Å². The van der Waals surface area contributed by atoms with Crippen LogP contribution in [0.5, 0.6) is 5.75 Å². The number of carbonyl (C=O) groups is 1. The van der Waals surface area contributed by atoms with Gasteiger partial charge in [-0.05, 0) is 6.07 Å². The highest BCUT2D eigenvalue weighted by Crippen LogP contribution is 2.27. The molecule has 1 aromatic rings. The summed E-state index contributed by atoms with van der Waals surface area (Å²) in [4.78, 5) is 23.5. The number of hydrogen-bond donors (Lipinski definition) is 0. The van der Waals surface area contributed by atoms with Gasteiger partial charge >= 0.3 is 5.69 Å². The third-order valence-electron chi connectivity index (χ3n) is 2.53. The molecule has 0 aliphatic heterocycles. The Bertz CT molecular complexity index is 536. The molecule has 0 radical (unpaired) electrons. The zero-order valence-electron chi connectivity index (χ0n) is 10.6. The van der Waals surface area contributed by atoms with Crippen LogP contribution in [0, 0.1) is 21.4 Å². The first-order chi connectivity index (χ1) is 9.01. The standard InChI is InChI=1S/C12H13N3O4/c1-14(7-3-6-13)12(16)9-4-5-10(15(17)18)11(8-9)19-2/h4-5,8H,3,7H2,1-2H3. The molecular formula is C12H13N3O4. The lowest BCUT2D eigenvalue weighted by molar-refractivity contribution is -0.385. The number of nitrogens with zero attached hydrogens (tertiary/aromatic N) is 3. The molecule has 0 bridgehead atoms. The van der Waals surface area contributed by atoms with Gasteiger partial charge in [0.25, 0.3) is 5.91 Å². The number of nitriles is 1. The SMILES string of the molecule is COc1cc(C(=O)N(C)CCC#N)ccc1[N+](=O)[O-]. The number of benzene rings is 1. The van der Waals surface area contributed by atoms with E-state index in [0.717, 1.165) is 0 Å². The first-order valence-electron chi connectivity index (χ1n) is 5.46. The lowest BCUT2D eigenvalue weighted by Gasteiger charge is -2.15. The third kappa shape index (κ3) is 3.42. The Morgan fingerprint density at radius 3 is 2.79 bits per heavy atom. The molecule has 0 saturated carbocycles. The normalized spacial score (nSPS) is 9.53. The molecule has 1 rings (SSSR count). The van der Waals surface area contributed by atoms with Gasteiger partial charge in [0, 0.05) is 31.3 Å². The van der Waals surface area contributed by atoms with Crippen molar-refractivity contribution in [3.8, 4) is 11.8 Å². The average molecular weight is 263 g/mol. The average Bonchev–Trinajstić information content (AvgIpc) is 2.42. The van der Waals surface area contributed by atoms with E-state index in [2.05, 4.69) is 0 Å². The van der Waals surface area contributed by atoms with Crippen molar-refractivity contribution in [1.82, 2.24) is 4.90 Å². The van der Waals surface area contributed by atoms with Gasteiger partial charge in [-0.25, -0.2) is 0 Å². The van der Waals surface area contributed by atoms with Gasteiger partial charge < -0.3 is 9.64 Å². The highest BCUT2D eigenvalue weighted by atomic mass is 16.6. The van der Waals surface area contributed by atoms with E-state index in [4.69, 9.17) is 10.00 Å². The fourth-order valence-electron chi connectivity index (χ4n) is 1.50. The molecule has 100 valence electrons. The number of nitro benzene ring substituents is 1. The molecule has 1 amide bonds. The van der Waals surface area contributed by atoms with Gasteiger partial charge in [-0.2, -0.15) is 5.26 Å². The number of nitro groups is 1. The largest absolute Gasteiger partial charge is 0.490 e. The van der Waals surface area contributed by atoms with Crippen LogP contribution in [0.2, 0.25) is 0 Å². The number of carbonyl (C=O) groups excluding carboxylic acids is 1. The van der Waals surface area contributed by atoms with Gasteiger partial charge in [-0.3, -0.25) is 14.9 Å². The fourth-order valence-corrected chi connectivity index (χ4v) is 1.50. The molecule has 0 fully saturated rings. The van der Waals surface area contributed by atoms with Crippen molar-refractivity contribution in [2.75, 3.05) is 20.7 Å². The topological polar surface area (TPSA) is 96.5 Å². The van der Waals surface area contributed by atoms with E-state index in [1.165, 1.54) is 30.2 Å². The minimum Gasteiger partial charge on any atom is -0.490 e.